The molecule has 1 aliphatic rings. The summed E-state index contributed by atoms with van der Waals surface area (Å²) in [6.45, 7) is 7.17. The molecule has 1 heterocycles. The summed E-state index contributed by atoms with van der Waals surface area (Å²) in [6, 6.07) is 0. The molecule has 0 aliphatic carbocycles. The SMILES string of the molecule is CC=C(C)C(=O)OCC(CC)(CO)COCC1CO1. The van der Waals surface area contributed by atoms with Crippen LogP contribution < -0.4 is 0 Å². The van der Waals surface area contributed by atoms with E-state index in [-0.39, 0.29) is 25.3 Å². The highest BCUT2D eigenvalue weighted by Crippen LogP contribution is 2.23. The third-order valence-electron chi connectivity index (χ3n) is 3.46. The molecule has 0 aromatic heterocycles. The molecule has 5 nitrogen and oxygen atoms in total. The van der Waals surface area contributed by atoms with E-state index in [4.69, 9.17) is 14.2 Å². The second-order valence-electron chi connectivity index (χ2n) is 5.03. The third-order valence-corrected chi connectivity index (χ3v) is 3.46. The fourth-order valence-electron chi connectivity index (χ4n) is 1.47. The van der Waals surface area contributed by atoms with Gasteiger partial charge in [0.2, 0.25) is 0 Å². The number of esters is 1. The maximum Gasteiger partial charge on any atom is 0.333 e. The lowest BCUT2D eigenvalue weighted by Crippen LogP contribution is -2.37. The average Bonchev–Trinajstić information content (AvgIpc) is 3.25. The van der Waals surface area contributed by atoms with Crippen molar-refractivity contribution >= 4 is 5.97 Å². The zero-order valence-corrected chi connectivity index (χ0v) is 12.0. The molecule has 1 N–H and O–H groups in total. The van der Waals surface area contributed by atoms with Crippen LogP contribution in [-0.4, -0.2) is 50.2 Å². The first-order chi connectivity index (χ1) is 9.06. The molecule has 2 atom stereocenters. The largest absolute Gasteiger partial charge is 0.462 e. The molecule has 19 heavy (non-hydrogen) atoms. The summed E-state index contributed by atoms with van der Waals surface area (Å²) in [5.74, 6) is -0.348. The summed E-state index contributed by atoms with van der Waals surface area (Å²) in [4.78, 5) is 11.6. The lowest BCUT2D eigenvalue weighted by atomic mass is 9.88. The fourth-order valence-corrected chi connectivity index (χ4v) is 1.47. The summed E-state index contributed by atoms with van der Waals surface area (Å²) in [7, 11) is 0. The lowest BCUT2D eigenvalue weighted by Gasteiger charge is -2.29. The maximum absolute atomic E-state index is 11.6. The van der Waals surface area contributed by atoms with E-state index in [1.807, 2.05) is 6.92 Å². The molecule has 0 saturated carbocycles. The number of carbonyl (C=O) groups excluding carboxylic acids is 1. The number of hydrogen-bond donors (Lipinski definition) is 1. The molecule has 5 heteroatoms. The van der Waals surface area contributed by atoms with Crippen LogP contribution in [0.2, 0.25) is 0 Å². The number of carbonyl (C=O) groups is 1. The molecule has 0 bridgehead atoms. The molecule has 1 aliphatic heterocycles. The highest BCUT2D eigenvalue weighted by molar-refractivity contribution is 5.87. The van der Waals surface area contributed by atoms with Gasteiger partial charge in [0.1, 0.15) is 12.7 Å². The van der Waals surface area contributed by atoms with Gasteiger partial charge in [0.25, 0.3) is 0 Å². The highest BCUT2D eigenvalue weighted by atomic mass is 16.6. The van der Waals surface area contributed by atoms with E-state index in [0.29, 0.717) is 25.2 Å². The van der Waals surface area contributed by atoms with Crippen molar-refractivity contribution in [2.45, 2.75) is 33.3 Å². The van der Waals surface area contributed by atoms with Crippen molar-refractivity contribution in [2.24, 2.45) is 5.41 Å². The van der Waals surface area contributed by atoms with Gasteiger partial charge in [-0.2, -0.15) is 0 Å². The van der Waals surface area contributed by atoms with Gasteiger partial charge in [0, 0.05) is 5.57 Å². The van der Waals surface area contributed by atoms with Gasteiger partial charge in [-0.3, -0.25) is 0 Å². The Kier molecular flexibility index (Phi) is 6.48. The van der Waals surface area contributed by atoms with E-state index in [1.54, 1.807) is 19.9 Å². The van der Waals surface area contributed by atoms with Crippen LogP contribution in [0.5, 0.6) is 0 Å². The lowest BCUT2D eigenvalue weighted by molar-refractivity contribution is -0.146. The molecule has 110 valence electrons. The van der Waals surface area contributed by atoms with Crippen LogP contribution in [0.25, 0.3) is 0 Å². The van der Waals surface area contributed by atoms with Gasteiger partial charge >= 0.3 is 5.97 Å². The number of allylic oxidation sites excluding steroid dienone is 1. The maximum atomic E-state index is 11.6. The minimum absolute atomic E-state index is 0.0722. The second kappa shape index (κ2) is 7.62. The van der Waals surface area contributed by atoms with E-state index in [0.717, 1.165) is 6.61 Å². The summed E-state index contributed by atoms with van der Waals surface area (Å²) >= 11 is 0. The molecule has 0 aromatic rings. The Morgan fingerprint density at radius 2 is 2.21 bits per heavy atom. The quantitative estimate of drug-likeness (QED) is 0.389. The first-order valence-electron chi connectivity index (χ1n) is 6.67. The Hall–Kier alpha value is -0.910. The normalized spacial score (nSPS) is 21.9. The number of rotatable bonds is 9. The Labute approximate surface area is 114 Å². The van der Waals surface area contributed by atoms with Crippen LogP contribution in [0.15, 0.2) is 11.6 Å². The third kappa shape index (κ3) is 5.30. The van der Waals surface area contributed by atoms with Crippen LogP contribution in [0.1, 0.15) is 27.2 Å². The van der Waals surface area contributed by atoms with Crippen LogP contribution in [0.4, 0.5) is 0 Å². The van der Waals surface area contributed by atoms with Crippen molar-refractivity contribution in [2.75, 3.05) is 33.0 Å². The Morgan fingerprint density at radius 1 is 1.53 bits per heavy atom. The Morgan fingerprint density at radius 3 is 2.68 bits per heavy atom. The minimum atomic E-state index is -0.529. The summed E-state index contributed by atoms with van der Waals surface area (Å²) in [6.07, 6.45) is 2.58. The number of epoxide rings is 1. The van der Waals surface area contributed by atoms with Crippen LogP contribution in [0.3, 0.4) is 0 Å². The molecule has 0 aromatic carbocycles. The fraction of sp³-hybridized carbons (Fsp3) is 0.786. The first-order valence-corrected chi connectivity index (χ1v) is 6.67. The minimum Gasteiger partial charge on any atom is -0.462 e. The molecule has 1 saturated heterocycles. The Balaban J connectivity index is 2.41. The van der Waals surface area contributed by atoms with E-state index in [2.05, 4.69) is 0 Å². The van der Waals surface area contributed by atoms with E-state index < -0.39 is 5.41 Å². The molecule has 1 rings (SSSR count). The first kappa shape index (κ1) is 16.1. The van der Waals surface area contributed by atoms with Gasteiger partial charge in [-0.15, -0.1) is 0 Å². The zero-order valence-electron chi connectivity index (χ0n) is 12.0. The molecule has 0 radical (unpaired) electrons. The standard InChI is InChI=1S/C14H24O5/c1-4-11(3)13(16)19-10-14(5-2,8-15)9-17-6-12-7-18-12/h4,12,15H,5-10H2,1-3H3. The van der Waals surface area contributed by atoms with Crippen molar-refractivity contribution in [1.29, 1.82) is 0 Å². The number of hydrogen-bond acceptors (Lipinski definition) is 5. The monoisotopic (exact) mass is 272 g/mol. The molecule has 0 spiro atoms. The molecule has 0 amide bonds. The molecular formula is C14H24O5. The topological polar surface area (TPSA) is 68.3 Å². The van der Waals surface area contributed by atoms with Crippen LogP contribution in [-0.2, 0) is 19.0 Å². The number of ether oxygens (including phenoxy) is 3. The van der Waals surface area contributed by atoms with Crippen molar-refractivity contribution in [3.05, 3.63) is 11.6 Å². The Bertz CT molecular complexity index is 316. The van der Waals surface area contributed by atoms with E-state index >= 15 is 0 Å². The summed E-state index contributed by atoms with van der Waals surface area (Å²) in [5.41, 5.74) is 0.0358. The summed E-state index contributed by atoms with van der Waals surface area (Å²) in [5, 5.41) is 9.55. The number of aliphatic hydroxyl groups excluding tert-OH is 1. The van der Waals surface area contributed by atoms with Crippen molar-refractivity contribution in [1.82, 2.24) is 0 Å². The molecular weight excluding hydrogens is 248 g/mol. The van der Waals surface area contributed by atoms with Crippen molar-refractivity contribution in [3.8, 4) is 0 Å². The molecule has 1 fully saturated rings. The number of aliphatic hydroxyl groups is 1. The van der Waals surface area contributed by atoms with Crippen molar-refractivity contribution in [3.63, 3.8) is 0 Å². The van der Waals surface area contributed by atoms with Gasteiger partial charge in [-0.25, -0.2) is 4.79 Å². The predicted octanol–water partition coefficient (Wildman–Crippen LogP) is 1.30. The van der Waals surface area contributed by atoms with Gasteiger partial charge in [-0.1, -0.05) is 13.0 Å². The predicted molar refractivity (Wildman–Crippen MR) is 70.8 cm³/mol. The van der Waals surface area contributed by atoms with Gasteiger partial charge in [0.15, 0.2) is 0 Å². The molecule has 2 unspecified atom stereocenters. The smallest absolute Gasteiger partial charge is 0.333 e. The van der Waals surface area contributed by atoms with Gasteiger partial charge < -0.3 is 19.3 Å². The second-order valence-corrected chi connectivity index (χ2v) is 5.03. The van der Waals surface area contributed by atoms with Crippen molar-refractivity contribution < 1.29 is 24.1 Å². The van der Waals surface area contributed by atoms with E-state index in [9.17, 15) is 9.90 Å². The average molecular weight is 272 g/mol. The zero-order chi connectivity index (χ0) is 14.3. The highest BCUT2D eigenvalue weighted by Gasteiger charge is 2.31. The van der Waals surface area contributed by atoms with Gasteiger partial charge in [0.05, 0.1) is 31.8 Å². The van der Waals surface area contributed by atoms with E-state index in [1.165, 1.54) is 0 Å². The van der Waals surface area contributed by atoms with Crippen LogP contribution >= 0.6 is 0 Å². The van der Waals surface area contributed by atoms with Crippen LogP contribution in [0, 0.1) is 5.41 Å². The summed E-state index contributed by atoms with van der Waals surface area (Å²) < 4.78 is 15.8. The van der Waals surface area contributed by atoms with Gasteiger partial charge in [-0.05, 0) is 20.3 Å².